The summed E-state index contributed by atoms with van der Waals surface area (Å²) in [6, 6.07) is 6.31. The third-order valence-electron chi connectivity index (χ3n) is 4.44. The molecule has 0 radical (unpaired) electrons. The van der Waals surface area contributed by atoms with Gasteiger partial charge in [0.2, 0.25) is 0 Å². The molecule has 2 aromatic rings. The lowest BCUT2D eigenvalue weighted by Gasteiger charge is -2.29. The predicted octanol–water partition coefficient (Wildman–Crippen LogP) is 5.29. The van der Waals surface area contributed by atoms with Gasteiger partial charge in [0.15, 0.2) is 4.77 Å². The summed E-state index contributed by atoms with van der Waals surface area (Å²) in [5.41, 5.74) is 2.36. The number of hydrogen-bond acceptors (Lipinski definition) is 1. The van der Waals surface area contributed by atoms with E-state index in [1.165, 1.54) is 31.2 Å². The van der Waals surface area contributed by atoms with Crippen molar-refractivity contribution < 1.29 is 0 Å². The SMILES string of the molecule is CC1CCCCC1Cn1c(=S)[nH]c2ccc(Br)cc21. The standard InChI is InChI=1S/C15H19BrN2S/c1-10-4-2-3-5-11(10)9-18-14-8-12(16)6-7-13(14)17-15(18)19/h6-8,10-11H,2-5,9H2,1H3,(H,17,19). The van der Waals surface area contributed by atoms with Crippen molar-refractivity contribution in [3.8, 4) is 0 Å². The number of aromatic amines is 1. The minimum absolute atomic E-state index is 0.762. The molecular weight excluding hydrogens is 320 g/mol. The van der Waals surface area contributed by atoms with Crippen LogP contribution in [0.3, 0.4) is 0 Å². The molecule has 2 atom stereocenters. The highest BCUT2D eigenvalue weighted by atomic mass is 79.9. The first-order valence-corrected chi connectivity index (χ1v) is 8.23. The molecule has 1 aromatic carbocycles. The average Bonchev–Trinajstić information content (AvgIpc) is 2.69. The first-order chi connectivity index (χ1) is 9.15. The van der Waals surface area contributed by atoms with Crippen LogP contribution in [0.4, 0.5) is 0 Å². The van der Waals surface area contributed by atoms with E-state index in [4.69, 9.17) is 12.2 Å². The molecule has 3 rings (SSSR count). The molecule has 1 fully saturated rings. The van der Waals surface area contributed by atoms with E-state index in [9.17, 15) is 0 Å². The van der Waals surface area contributed by atoms with Gasteiger partial charge in [0.25, 0.3) is 0 Å². The molecule has 0 aliphatic heterocycles. The number of fused-ring (bicyclic) bond motifs is 1. The number of nitrogens with one attached hydrogen (secondary N) is 1. The van der Waals surface area contributed by atoms with Gasteiger partial charge in [-0.05, 0) is 48.7 Å². The van der Waals surface area contributed by atoms with Crippen molar-refractivity contribution in [1.82, 2.24) is 9.55 Å². The van der Waals surface area contributed by atoms with Crippen molar-refractivity contribution in [3.63, 3.8) is 0 Å². The number of imidazole rings is 1. The van der Waals surface area contributed by atoms with Gasteiger partial charge in [-0.25, -0.2) is 0 Å². The Kier molecular flexibility index (Phi) is 3.81. The number of hydrogen-bond donors (Lipinski definition) is 1. The quantitative estimate of drug-likeness (QED) is 0.738. The zero-order valence-electron chi connectivity index (χ0n) is 11.2. The topological polar surface area (TPSA) is 20.7 Å². The normalized spacial score (nSPS) is 23.9. The van der Waals surface area contributed by atoms with Gasteiger partial charge in [0.1, 0.15) is 0 Å². The lowest BCUT2D eigenvalue weighted by atomic mass is 9.80. The van der Waals surface area contributed by atoms with Gasteiger partial charge in [-0.1, -0.05) is 42.1 Å². The summed E-state index contributed by atoms with van der Waals surface area (Å²) in [7, 11) is 0. The van der Waals surface area contributed by atoms with Crippen molar-refractivity contribution in [1.29, 1.82) is 0 Å². The van der Waals surface area contributed by atoms with E-state index in [0.29, 0.717) is 0 Å². The summed E-state index contributed by atoms with van der Waals surface area (Å²) < 4.78 is 4.24. The highest BCUT2D eigenvalue weighted by Crippen LogP contribution is 2.32. The maximum atomic E-state index is 5.50. The molecule has 0 amide bonds. The van der Waals surface area contributed by atoms with E-state index in [2.05, 4.69) is 50.6 Å². The number of halogens is 1. The fourth-order valence-corrected chi connectivity index (χ4v) is 3.84. The number of H-pyrrole nitrogens is 1. The number of nitrogens with zero attached hydrogens (tertiary/aromatic N) is 1. The molecule has 0 saturated heterocycles. The van der Waals surface area contributed by atoms with E-state index < -0.39 is 0 Å². The van der Waals surface area contributed by atoms with Crippen LogP contribution in [-0.4, -0.2) is 9.55 Å². The first-order valence-electron chi connectivity index (χ1n) is 7.03. The molecular formula is C15H19BrN2S. The van der Waals surface area contributed by atoms with Crippen molar-refractivity contribution in [3.05, 3.63) is 27.4 Å². The Morgan fingerprint density at radius 1 is 1.37 bits per heavy atom. The smallest absolute Gasteiger partial charge is 0.178 e. The fraction of sp³-hybridized carbons (Fsp3) is 0.533. The fourth-order valence-electron chi connectivity index (χ4n) is 3.21. The van der Waals surface area contributed by atoms with E-state index in [0.717, 1.165) is 33.1 Å². The van der Waals surface area contributed by atoms with Crippen LogP contribution in [0.25, 0.3) is 11.0 Å². The van der Waals surface area contributed by atoms with E-state index in [1.807, 2.05) is 0 Å². The third kappa shape index (κ3) is 2.65. The molecule has 1 N–H and O–H groups in total. The summed E-state index contributed by atoms with van der Waals surface area (Å²) in [6.07, 6.45) is 5.46. The summed E-state index contributed by atoms with van der Waals surface area (Å²) in [5.74, 6) is 1.58. The van der Waals surface area contributed by atoms with Crippen LogP contribution < -0.4 is 0 Å². The summed E-state index contributed by atoms with van der Waals surface area (Å²) in [4.78, 5) is 3.32. The van der Waals surface area contributed by atoms with Crippen molar-refractivity contribution in [2.75, 3.05) is 0 Å². The molecule has 2 nitrogen and oxygen atoms in total. The maximum Gasteiger partial charge on any atom is 0.178 e. The monoisotopic (exact) mass is 338 g/mol. The Hall–Kier alpha value is -0.610. The molecule has 1 aromatic heterocycles. The van der Waals surface area contributed by atoms with E-state index in [-0.39, 0.29) is 0 Å². The molecule has 0 spiro atoms. The molecule has 1 aliphatic carbocycles. The van der Waals surface area contributed by atoms with Gasteiger partial charge in [-0.15, -0.1) is 0 Å². The minimum Gasteiger partial charge on any atom is -0.331 e. The van der Waals surface area contributed by atoms with Crippen LogP contribution in [-0.2, 0) is 6.54 Å². The third-order valence-corrected chi connectivity index (χ3v) is 5.26. The van der Waals surface area contributed by atoms with Crippen molar-refractivity contribution in [2.45, 2.75) is 39.2 Å². The lowest BCUT2D eigenvalue weighted by Crippen LogP contribution is -2.22. The molecule has 4 heteroatoms. The number of rotatable bonds is 2. The second-order valence-electron chi connectivity index (χ2n) is 5.72. The largest absolute Gasteiger partial charge is 0.331 e. The summed E-state index contributed by atoms with van der Waals surface area (Å²) in [6.45, 7) is 3.44. The van der Waals surface area contributed by atoms with Crippen LogP contribution in [0.2, 0.25) is 0 Å². The number of benzene rings is 1. The Morgan fingerprint density at radius 2 is 2.16 bits per heavy atom. The van der Waals surface area contributed by atoms with Crippen LogP contribution >= 0.6 is 28.1 Å². The Labute approximate surface area is 127 Å². The van der Waals surface area contributed by atoms with Crippen LogP contribution in [0, 0.1) is 16.6 Å². The first kappa shape index (κ1) is 13.4. The van der Waals surface area contributed by atoms with Crippen molar-refractivity contribution in [2.24, 2.45) is 11.8 Å². The molecule has 102 valence electrons. The van der Waals surface area contributed by atoms with E-state index in [1.54, 1.807) is 0 Å². The zero-order valence-corrected chi connectivity index (χ0v) is 13.6. The summed E-state index contributed by atoms with van der Waals surface area (Å²) >= 11 is 9.05. The van der Waals surface area contributed by atoms with Crippen LogP contribution in [0.1, 0.15) is 32.6 Å². The Balaban J connectivity index is 1.97. The van der Waals surface area contributed by atoms with Gasteiger partial charge >= 0.3 is 0 Å². The second-order valence-corrected chi connectivity index (χ2v) is 7.03. The van der Waals surface area contributed by atoms with Gasteiger partial charge in [0.05, 0.1) is 11.0 Å². The molecule has 1 heterocycles. The Morgan fingerprint density at radius 3 is 2.95 bits per heavy atom. The average molecular weight is 339 g/mol. The van der Waals surface area contributed by atoms with Crippen LogP contribution in [0.5, 0.6) is 0 Å². The van der Waals surface area contributed by atoms with E-state index >= 15 is 0 Å². The van der Waals surface area contributed by atoms with Crippen LogP contribution in [0.15, 0.2) is 22.7 Å². The van der Waals surface area contributed by atoms with Gasteiger partial charge < -0.3 is 9.55 Å². The molecule has 1 aliphatic rings. The molecule has 1 saturated carbocycles. The minimum atomic E-state index is 0.762. The zero-order chi connectivity index (χ0) is 13.4. The highest BCUT2D eigenvalue weighted by Gasteiger charge is 2.22. The number of aromatic nitrogens is 2. The lowest BCUT2D eigenvalue weighted by molar-refractivity contribution is 0.230. The van der Waals surface area contributed by atoms with Crippen molar-refractivity contribution >= 4 is 39.2 Å². The maximum absolute atomic E-state index is 5.50. The van der Waals surface area contributed by atoms with Gasteiger partial charge in [-0.2, -0.15) is 0 Å². The summed E-state index contributed by atoms with van der Waals surface area (Å²) in [5, 5.41) is 0. The highest BCUT2D eigenvalue weighted by molar-refractivity contribution is 9.10. The van der Waals surface area contributed by atoms with Gasteiger partial charge in [0, 0.05) is 11.0 Å². The Bertz CT molecular complexity index is 643. The second kappa shape index (κ2) is 5.41. The molecule has 0 bridgehead atoms. The molecule has 2 unspecified atom stereocenters. The predicted molar refractivity (Wildman–Crippen MR) is 85.9 cm³/mol. The van der Waals surface area contributed by atoms with Gasteiger partial charge in [-0.3, -0.25) is 0 Å². The molecule has 19 heavy (non-hydrogen) atoms.